The van der Waals surface area contributed by atoms with Gasteiger partial charge in [-0.25, -0.2) is 0 Å². The number of halogens is 1. The smallest absolute Gasteiger partial charge is 0.257 e. The molecule has 0 unspecified atom stereocenters. The molecule has 1 aromatic carbocycles. The zero-order valence-electron chi connectivity index (χ0n) is 10.3. The van der Waals surface area contributed by atoms with Gasteiger partial charge in [0, 0.05) is 23.7 Å². The molecule has 0 aliphatic carbocycles. The summed E-state index contributed by atoms with van der Waals surface area (Å²) in [4.78, 5) is 6.47. The molecule has 0 amide bonds. The van der Waals surface area contributed by atoms with Gasteiger partial charge in [0.05, 0.1) is 12.6 Å². The maximum Gasteiger partial charge on any atom is 0.257 e. The van der Waals surface area contributed by atoms with Crippen LogP contribution in [0.3, 0.4) is 0 Å². The predicted molar refractivity (Wildman–Crippen MR) is 70.6 cm³/mol. The fourth-order valence-electron chi connectivity index (χ4n) is 2.18. The summed E-state index contributed by atoms with van der Waals surface area (Å²) in [5.74, 6) is 1.13. The van der Waals surface area contributed by atoms with Gasteiger partial charge in [-0.1, -0.05) is 16.8 Å². The molecule has 1 saturated heterocycles. The largest absolute Gasteiger partial charge is 0.392 e. The van der Waals surface area contributed by atoms with Crippen molar-refractivity contribution in [1.82, 2.24) is 15.0 Å². The number of rotatable bonds is 3. The molecule has 1 N–H and O–H groups in total. The molecule has 1 atom stereocenters. The summed E-state index contributed by atoms with van der Waals surface area (Å²) < 4.78 is 5.23. The van der Waals surface area contributed by atoms with E-state index in [9.17, 15) is 5.11 Å². The topological polar surface area (TPSA) is 62.4 Å². The van der Waals surface area contributed by atoms with Gasteiger partial charge >= 0.3 is 0 Å². The Labute approximate surface area is 115 Å². The fraction of sp³-hybridized carbons (Fsp3) is 0.385. The second-order valence-electron chi connectivity index (χ2n) is 4.70. The molecule has 0 radical (unpaired) electrons. The van der Waals surface area contributed by atoms with Crippen molar-refractivity contribution in [2.45, 2.75) is 19.1 Å². The van der Waals surface area contributed by atoms with Crippen molar-refractivity contribution >= 4 is 11.6 Å². The Morgan fingerprint density at radius 2 is 2.16 bits per heavy atom. The van der Waals surface area contributed by atoms with Gasteiger partial charge in [-0.15, -0.1) is 0 Å². The number of aliphatic hydroxyl groups is 1. The maximum atomic E-state index is 9.47. The highest BCUT2D eigenvalue weighted by atomic mass is 35.5. The summed E-state index contributed by atoms with van der Waals surface area (Å²) in [6.45, 7) is 2.14. The van der Waals surface area contributed by atoms with Gasteiger partial charge in [0.1, 0.15) is 0 Å². The van der Waals surface area contributed by atoms with Crippen LogP contribution in [-0.2, 0) is 6.54 Å². The van der Waals surface area contributed by atoms with Crippen LogP contribution in [-0.4, -0.2) is 39.3 Å². The molecule has 1 fully saturated rings. The minimum atomic E-state index is -0.234. The Morgan fingerprint density at radius 1 is 1.37 bits per heavy atom. The van der Waals surface area contributed by atoms with Crippen molar-refractivity contribution in [3.63, 3.8) is 0 Å². The molecule has 19 heavy (non-hydrogen) atoms. The van der Waals surface area contributed by atoms with E-state index in [1.54, 1.807) is 12.1 Å². The summed E-state index contributed by atoms with van der Waals surface area (Å²) >= 11 is 5.83. The van der Waals surface area contributed by atoms with Crippen molar-refractivity contribution < 1.29 is 9.63 Å². The first kappa shape index (κ1) is 12.6. The average molecular weight is 280 g/mol. The second-order valence-corrected chi connectivity index (χ2v) is 5.14. The zero-order valence-corrected chi connectivity index (χ0v) is 11.0. The number of benzene rings is 1. The molecule has 100 valence electrons. The highest BCUT2D eigenvalue weighted by molar-refractivity contribution is 6.30. The Bertz CT molecular complexity index is 555. The van der Waals surface area contributed by atoms with E-state index in [1.807, 2.05) is 12.1 Å². The van der Waals surface area contributed by atoms with Gasteiger partial charge in [0.15, 0.2) is 5.82 Å². The second kappa shape index (κ2) is 5.28. The molecule has 2 heterocycles. The zero-order chi connectivity index (χ0) is 13.2. The summed E-state index contributed by atoms with van der Waals surface area (Å²) in [5.41, 5.74) is 0.851. The van der Waals surface area contributed by atoms with E-state index in [1.165, 1.54) is 0 Å². The van der Waals surface area contributed by atoms with Gasteiger partial charge in [0.2, 0.25) is 0 Å². The average Bonchev–Trinajstić information content (AvgIpc) is 3.00. The van der Waals surface area contributed by atoms with E-state index < -0.39 is 0 Å². The third-order valence-corrected chi connectivity index (χ3v) is 3.42. The molecular weight excluding hydrogens is 266 g/mol. The third-order valence-electron chi connectivity index (χ3n) is 3.17. The lowest BCUT2D eigenvalue weighted by molar-refractivity contribution is 0.173. The lowest BCUT2D eigenvalue weighted by Gasteiger charge is -2.10. The Balaban J connectivity index is 1.71. The van der Waals surface area contributed by atoms with Crippen LogP contribution in [0.5, 0.6) is 0 Å². The van der Waals surface area contributed by atoms with E-state index in [4.69, 9.17) is 16.1 Å². The van der Waals surface area contributed by atoms with Crippen molar-refractivity contribution in [3.8, 4) is 11.5 Å². The van der Waals surface area contributed by atoms with Crippen LogP contribution in [0.1, 0.15) is 12.2 Å². The lowest BCUT2D eigenvalue weighted by Crippen LogP contribution is -2.22. The van der Waals surface area contributed by atoms with E-state index in [2.05, 4.69) is 15.0 Å². The number of β-amino-alcohol motifs (C(OH)–C–C–N with tert-alkyl or cyclic N) is 1. The lowest BCUT2D eigenvalue weighted by atomic mass is 10.2. The van der Waals surface area contributed by atoms with E-state index in [0.717, 1.165) is 18.5 Å². The molecule has 5 nitrogen and oxygen atoms in total. The number of hydrogen-bond acceptors (Lipinski definition) is 5. The van der Waals surface area contributed by atoms with E-state index in [-0.39, 0.29) is 6.10 Å². The molecule has 6 heteroatoms. The molecule has 0 spiro atoms. The Hall–Kier alpha value is -1.43. The van der Waals surface area contributed by atoms with E-state index >= 15 is 0 Å². The molecule has 3 rings (SSSR count). The van der Waals surface area contributed by atoms with Crippen LogP contribution in [0.4, 0.5) is 0 Å². The Morgan fingerprint density at radius 3 is 2.84 bits per heavy atom. The van der Waals surface area contributed by atoms with Gasteiger partial charge in [-0.2, -0.15) is 4.98 Å². The third kappa shape index (κ3) is 2.94. The fourth-order valence-corrected chi connectivity index (χ4v) is 2.31. The first-order valence-electron chi connectivity index (χ1n) is 6.19. The van der Waals surface area contributed by atoms with Crippen LogP contribution in [0.25, 0.3) is 11.5 Å². The molecule has 2 aromatic rings. The van der Waals surface area contributed by atoms with Crippen LogP contribution in [0.15, 0.2) is 28.8 Å². The van der Waals surface area contributed by atoms with Crippen LogP contribution in [0.2, 0.25) is 5.02 Å². The molecule has 1 aliphatic heterocycles. The molecule has 0 saturated carbocycles. The first-order chi connectivity index (χ1) is 9.20. The first-order valence-corrected chi connectivity index (χ1v) is 6.57. The number of likely N-dealkylation sites (tertiary alicyclic amines) is 1. The van der Waals surface area contributed by atoms with Crippen molar-refractivity contribution in [2.75, 3.05) is 13.1 Å². The number of hydrogen-bond donors (Lipinski definition) is 1. The van der Waals surface area contributed by atoms with Crippen LogP contribution in [0, 0.1) is 0 Å². The van der Waals surface area contributed by atoms with Gasteiger partial charge in [-0.3, -0.25) is 4.90 Å². The minimum Gasteiger partial charge on any atom is -0.392 e. The number of aromatic nitrogens is 2. The van der Waals surface area contributed by atoms with Crippen molar-refractivity contribution in [1.29, 1.82) is 0 Å². The van der Waals surface area contributed by atoms with Crippen molar-refractivity contribution in [2.24, 2.45) is 0 Å². The maximum absolute atomic E-state index is 9.47. The van der Waals surface area contributed by atoms with Crippen LogP contribution < -0.4 is 0 Å². The normalized spacial score (nSPS) is 20.0. The molecule has 1 aromatic heterocycles. The van der Waals surface area contributed by atoms with E-state index in [0.29, 0.717) is 29.8 Å². The summed E-state index contributed by atoms with van der Waals surface area (Å²) in [5, 5.41) is 14.1. The van der Waals surface area contributed by atoms with Gasteiger partial charge in [0.25, 0.3) is 5.89 Å². The standard InChI is InChI=1S/C13H14ClN3O2/c14-10-3-1-9(2-4-10)13-15-12(16-19-13)8-17-6-5-11(18)7-17/h1-4,11,18H,5-8H2/t11-/m1/s1. The Kier molecular flexibility index (Phi) is 3.50. The minimum absolute atomic E-state index is 0.234. The summed E-state index contributed by atoms with van der Waals surface area (Å²) in [7, 11) is 0. The highest BCUT2D eigenvalue weighted by Gasteiger charge is 2.21. The molecule has 0 bridgehead atoms. The summed E-state index contributed by atoms with van der Waals surface area (Å²) in [6, 6.07) is 7.27. The van der Waals surface area contributed by atoms with Crippen LogP contribution >= 0.6 is 11.6 Å². The number of aliphatic hydroxyl groups excluding tert-OH is 1. The monoisotopic (exact) mass is 279 g/mol. The SMILES string of the molecule is O[C@@H]1CCN(Cc2noc(-c3ccc(Cl)cc3)n2)C1. The summed E-state index contributed by atoms with van der Waals surface area (Å²) in [6.07, 6.45) is 0.574. The van der Waals surface area contributed by atoms with Crippen molar-refractivity contribution in [3.05, 3.63) is 35.1 Å². The molecule has 1 aliphatic rings. The quantitative estimate of drug-likeness (QED) is 0.930. The number of nitrogens with zero attached hydrogens (tertiary/aromatic N) is 3. The molecular formula is C13H14ClN3O2. The van der Waals surface area contributed by atoms with Gasteiger partial charge < -0.3 is 9.63 Å². The predicted octanol–water partition coefficient (Wildman–Crippen LogP) is 1.96. The van der Waals surface area contributed by atoms with Gasteiger partial charge in [-0.05, 0) is 30.7 Å². The highest BCUT2D eigenvalue weighted by Crippen LogP contribution is 2.20.